The highest BCUT2D eigenvalue weighted by molar-refractivity contribution is 6.04. The molecule has 2 atom stereocenters. The standard InChI is InChI=1S/C23H21NO6/c1-12-20(23(26)27-2)21(13-5-6-18-19(10-13)30-11-29-18)22-15(24-12)8-14(9-16(22)25)17-4-3-7-28-17/h3-7,10,14,21,24H,8-9,11H2,1-2H3/t14-,21-/m0/s1. The molecule has 154 valence electrons. The van der Waals surface area contributed by atoms with Gasteiger partial charge in [0.2, 0.25) is 6.79 Å². The Hall–Kier alpha value is -3.48. The van der Waals surface area contributed by atoms with E-state index in [4.69, 9.17) is 18.6 Å². The Labute approximate surface area is 173 Å². The molecular formula is C23H21NO6. The first-order valence-corrected chi connectivity index (χ1v) is 9.82. The van der Waals surface area contributed by atoms with Crippen LogP contribution in [-0.2, 0) is 14.3 Å². The molecule has 0 unspecified atom stereocenters. The van der Waals surface area contributed by atoms with Crippen LogP contribution in [0, 0.1) is 0 Å². The number of ether oxygens (including phenoxy) is 3. The van der Waals surface area contributed by atoms with Crippen molar-refractivity contribution in [1.82, 2.24) is 5.32 Å². The van der Waals surface area contributed by atoms with Crippen LogP contribution in [0.4, 0.5) is 0 Å². The number of hydrogen-bond acceptors (Lipinski definition) is 7. The third-order valence-corrected chi connectivity index (χ3v) is 5.91. The fourth-order valence-electron chi connectivity index (χ4n) is 4.57. The van der Waals surface area contributed by atoms with E-state index < -0.39 is 11.9 Å². The Morgan fingerprint density at radius 3 is 2.77 bits per heavy atom. The minimum Gasteiger partial charge on any atom is -0.469 e. The van der Waals surface area contributed by atoms with E-state index in [2.05, 4.69) is 5.32 Å². The fraction of sp³-hybridized carbons (Fsp3) is 0.304. The normalized spacial score (nSPS) is 22.7. The van der Waals surface area contributed by atoms with E-state index in [0.717, 1.165) is 17.0 Å². The third kappa shape index (κ3) is 2.89. The van der Waals surface area contributed by atoms with Crippen molar-refractivity contribution in [3.05, 3.63) is 70.5 Å². The zero-order valence-corrected chi connectivity index (χ0v) is 16.7. The van der Waals surface area contributed by atoms with E-state index in [1.807, 2.05) is 37.3 Å². The van der Waals surface area contributed by atoms with Crippen LogP contribution in [0.3, 0.4) is 0 Å². The van der Waals surface area contributed by atoms with Crippen LogP contribution in [0.5, 0.6) is 11.5 Å². The molecule has 1 aromatic heterocycles. The molecule has 0 saturated carbocycles. The summed E-state index contributed by atoms with van der Waals surface area (Å²) in [5.41, 5.74) is 3.32. The second-order valence-electron chi connectivity index (χ2n) is 7.64. The Bertz CT molecular complexity index is 1090. The van der Waals surface area contributed by atoms with Crippen LogP contribution >= 0.6 is 0 Å². The van der Waals surface area contributed by atoms with Crippen LogP contribution in [0.2, 0.25) is 0 Å². The molecule has 0 fully saturated rings. The summed E-state index contributed by atoms with van der Waals surface area (Å²) in [4.78, 5) is 26.0. The number of rotatable bonds is 3. The van der Waals surface area contributed by atoms with Gasteiger partial charge in [-0.25, -0.2) is 4.79 Å². The van der Waals surface area contributed by atoms with Gasteiger partial charge in [0.1, 0.15) is 5.76 Å². The molecule has 3 heterocycles. The summed E-state index contributed by atoms with van der Waals surface area (Å²) in [7, 11) is 1.35. The lowest BCUT2D eigenvalue weighted by Crippen LogP contribution is -2.35. The highest BCUT2D eigenvalue weighted by Crippen LogP contribution is 2.47. The summed E-state index contributed by atoms with van der Waals surface area (Å²) in [5, 5.41) is 3.30. The zero-order valence-electron chi connectivity index (χ0n) is 16.7. The minimum atomic E-state index is -0.534. The molecule has 2 aliphatic heterocycles. The summed E-state index contributed by atoms with van der Waals surface area (Å²) in [6.45, 7) is 1.98. The van der Waals surface area contributed by atoms with Crippen molar-refractivity contribution in [3.63, 3.8) is 0 Å². The lowest BCUT2D eigenvalue weighted by atomic mass is 9.72. The van der Waals surface area contributed by atoms with E-state index in [-0.39, 0.29) is 18.5 Å². The monoisotopic (exact) mass is 407 g/mol. The number of allylic oxidation sites excluding steroid dienone is 3. The van der Waals surface area contributed by atoms with Gasteiger partial charge in [0, 0.05) is 35.2 Å². The maximum atomic E-state index is 13.3. The molecule has 1 N–H and O–H groups in total. The largest absolute Gasteiger partial charge is 0.469 e. The molecule has 7 heteroatoms. The topological polar surface area (TPSA) is 87.0 Å². The van der Waals surface area contributed by atoms with Gasteiger partial charge in [-0.05, 0) is 43.2 Å². The number of carbonyl (C=O) groups excluding carboxylic acids is 2. The van der Waals surface area contributed by atoms with Crippen molar-refractivity contribution in [2.45, 2.75) is 31.6 Å². The first-order valence-electron chi connectivity index (χ1n) is 9.82. The number of furan rings is 1. The average Bonchev–Trinajstić information content (AvgIpc) is 3.43. The maximum absolute atomic E-state index is 13.3. The molecule has 1 aliphatic carbocycles. The molecule has 3 aliphatic rings. The number of hydrogen-bond donors (Lipinski definition) is 1. The number of dihydropyridines is 1. The van der Waals surface area contributed by atoms with Gasteiger partial charge in [0.25, 0.3) is 0 Å². The van der Waals surface area contributed by atoms with Crippen LogP contribution in [0.15, 0.2) is 63.6 Å². The van der Waals surface area contributed by atoms with E-state index >= 15 is 0 Å². The smallest absolute Gasteiger partial charge is 0.336 e. The van der Waals surface area contributed by atoms with E-state index in [9.17, 15) is 9.59 Å². The number of Topliss-reactive ketones (excluding diaryl/α,β-unsaturated/α-hetero) is 1. The summed E-state index contributed by atoms with van der Waals surface area (Å²) >= 11 is 0. The Kier molecular flexibility index (Phi) is 4.38. The summed E-state index contributed by atoms with van der Waals surface area (Å²) < 4.78 is 21.5. The molecule has 0 saturated heterocycles. The number of methoxy groups -OCH3 is 1. The lowest BCUT2D eigenvalue weighted by Gasteiger charge is -2.36. The maximum Gasteiger partial charge on any atom is 0.336 e. The first kappa shape index (κ1) is 18.5. The average molecular weight is 407 g/mol. The molecule has 0 radical (unpaired) electrons. The Morgan fingerprint density at radius 2 is 2.00 bits per heavy atom. The van der Waals surface area contributed by atoms with Crippen molar-refractivity contribution in [2.75, 3.05) is 13.9 Å². The van der Waals surface area contributed by atoms with Gasteiger partial charge in [-0.15, -0.1) is 0 Å². The Morgan fingerprint density at radius 1 is 1.17 bits per heavy atom. The predicted molar refractivity (Wildman–Crippen MR) is 106 cm³/mol. The van der Waals surface area contributed by atoms with E-state index in [1.165, 1.54) is 7.11 Å². The molecule has 2 aromatic rings. The molecule has 30 heavy (non-hydrogen) atoms. The summed E-state index contributed by atoms with van der Waals surface area (Å²) in [6, 6.07) is 9.24. The third-order valence-electron chi connectivity index (χ3n) is 5.91. The highest BCUT2D eigenvalue weighted by Gasteiger charge is 2.42. The first-order chi connectivity index (χ1) is 14.6. The second kappa shape index (κ2) is 7.09. The van der Waals surface area contributed by atoms with Gasteiger partial charge in [-0.2, -0.15) is 0 Å². The quantitative estimate of drug-likeness (QED) is 0.779. The molecule has 0 spiro atoms. The minimum absolute atomic E-state index is 0.0123. The van der Waals surface area contributed by atoms with Gasteiger partial charge in [0.05, 0.1) is 18.9 Å². The summed E-state index contributed by atoms with van der Waals surface area (Å²) in [6.07, 6.45) is 2.57. The van der Waals surface area contributed by atoms with Crippen LogP contribution in [0.1, 0.15) is 42.9 Å². The molecular weight excluding hydrogens is 386 g/mol. The molecule has 0 bridgehead atoms. The van der Waals surface area contributed by atoms with E-state index in [0.29, 0.717) is 41.2 Å². The van der Waals surface area contributed by atoms with Gasteiger partial charge in [0.15, 0.2) is 17.3 Å². The van der Waals surface area contributed by atoms with Crippen molar-refractivity contribution in [3.8, 4) is 11.5 Å². The number of ketones is 1. The van der Waals surface area contributed by atoms with Crippen molar-refractivity contribution < 1.29 is 28.2 Å². The summed E-state index contributed by atoms with van der Waals surface area (Å²) in [5.74, 6) is 0.993. The number of fused-ring (bicyclic) bond motifs is 1. The second-order valence-corrected chi connectivity index (χ2v) is 7.64. The van der Waals surface area contributed by atoms with Gasteiger partial charge >= 0.3 is 5.97 Å². The number of nitrogens with one attached hydrogen (secondary N) is 1. The number of benzene rings is 1. The SMILES string of the molecule is COC(=O)C1=C(C)NC2=C(C(=O)C[C@@H](c3ccco3)C2)[C@H]1c1ccc2c(c1)OCO2. The van der Waals surface area contributed by atoms with Gasteiger partial charge < -0.3 is 23.9 Å². The molecule has 1 aromatic carbocycles. The Balaban J connectivity index is 1.62. The molecule has 7 nitrogen and oxygen atoms in total. The van der Waals surface area contributed by atoms with Gasteiger partial charge in [-0.1, -0.05) is 6.07 Å². The fourth-order valence-corrected chi connectivity index (χ4v) is 4.57. The lowest BCUT2D eigenvalue weighted by molar-refractivity contribution is -0.136. The van der Waals surface area contributed by atoms with Crippen molar-refractivity contribution >= 4 is 11.8 Å². The van der Waals surface area contributed by atoms with Gasteiger partial charge in [-0.3, -0.25) is 4.79 Å². The molecule has 5 rings (SSSR count). The van der Waals surface area contributed by atoms with Crippen molar-refractivity contribution in [1.29, 1.82) is 0 Å². The number of carbonyl (C=O) groups is 2. The van der Waals surface area contributed by atoms with Crippen LogP contribution in [-0.4, -0.2) is 25.7 Å². The zero-order chi connectivity index (χ0) is 20.8. The molecule has 0 amide bonds. The van der Waals surface area contributed by atoms with E-state index in [1.54, 1.807) is 6.26 Å². The predicted octanol–water partition coefficient (Wildman–Crippen LogP) is 3.54. The number of esters is 1. The van der Waals surface area contributed by atoms with Crippen LogP contribution < -0.4 is 14.8 Å². The van der Waals surface area contributed by atoms with Crippen LogP contribution in [0.25, 0.3) is 0 Å². The highest BCUT2D eigenvalue weighted by atomic mass is 16.7. The van der Waals surface area contributed by atoms with Crippen molar-refractivity contribution in [2.24, 2.45) is 0 Å².